The molecule has 0 aliphatic carbocycles. The van der Waals surface area contributed by atoms with Crippen molar-refractivity contribution in [3.8, 4) is 11.5 Å². The predicted octanol–water partition coefficient (Wildman–Crippen LogP) is 6.09. The molecular formula is C24H17ClO3. The van der Waals surface area contributed by atoms with Crippen LogP contribution in [-0.4, -0.2) is 5.78 Å². The number of fused-ring (bicyclic) bond motifs is 1. The van der Waals surface area contributed by atoms with E-state index in [2.05, 4.69) is 0 Å². The van der Waals surface area contributed by atoms with Gasteiger partial charge in [-0.3, -0.25) is 4.79 Å². The highest BCUT2D eigenvalue weighted by atomic mass is 35.5. The Morgan fingerprint density at radius 3 is 2.54 bits per heavy atom. The van der Waals surface area contributed by atoms with E-state index in [-0.39, 0.29) is 5.78 Å². The quantitative estimate of drug-likeness (QED) is 0.496. The van der Waals surface area contributed by atoms with Crippen molar-refractivity contribution in [3.05, 3.63) is 112 Å². The van der Waals surface area contributed by atoms with Gasteiger partial charge in [-0.2, -0.15) is 0 Å². The van der Waals surface area contributed by atoms with E-state index in [1.165, 1.54) is 0 Å². The fraction of sp³-hybridized carbons (Fsp3) is 0.0417. The topological polar surface area (TPSA) is 35.5 Å². The average molecular weight is 389 g/mol. The van der Waals surface area contributed by atoms with Crippen LogP contribution in [0.2, 0.25) is 5.02 Å². The highest BCUT2D eigenvalue weighted by Crippen LogP contribution is 2.34. The van der Waals surface area contributed by atoms with E-state index in [0.29, 0.717) is 34.5 Å². The van der Waals surface area contributed by atoms with Gasteiger partial charge in [0.15, 0.2) is 5.76 Å². The van der Waals surface area contributed by atoms with E-state index in [0.717, 1.165) is 11.1 Å². The van der Waals surface area contributed by atoms with Gasteiger partial charge in [0, 0.05) is 11.1 Å². The smallest absolute Gasteiger partial charge is 0.231 e. The molecule has 138 valence electrons. The lowest BCUT2D eigenvalue weighted by atomic mass is 10.1. The summed E-state index contributed by atoms with van der Waals surface area (Å²) >= 11 is 5.89. The van der Waals surface area contributed by atoms with Crippen LogP contribution < -0.4 is 9.47 Å². The number of halogens is 1. The summed E-state index contributed by atoms with van der Waals surface area (Å²) in [6.07, 6.45) is 5.42. The number of rotatable bonds is 5. The normalized spacial score (nSPS) is 14.3. The van der Waals surface area contributed by atoms with Crippen molar-refractivity contribution < 1.29 is 14.3 Å². The van der Waals surface area contributed by atoms with Crippen LogP contribution in [0.3, 0.4) is 0 Å². The second-order valence-corrected chi connectivity index (χ2v) is 6.74. The maximum Gasteiger partial charge on any atom is 0.231 e. The van der Waals surface area contributed by atoms with Gasteiger partial charge < -0.3 is 9.47 Å². The van der Waals surface area contributed by atoms with E-state index in [4.69, 9.17) is 21.1 Å². The predicted molar refractivity (Wildman–Crippen MR) is 111 cm³/mol. The number of carbonyl (C=O) groups excluding carboxylic acids is 1. The Kier molecular flexibility index (Phi) is 5.27. The highest BCUT2D eigenvalue weighted by molar-refractivity contribution is 6.30. The van der Waals surface area contributed by atoms with Crippen molar-refractivity contribution in [1.82, 2.24) is 0 Å². The third kappa shape index (κ3) is 4.16. The molecule has 3 aromatic rings. The second kappa shape index (κ2) is 8.15. The Bertz CT molecular complexity index is 1050. The summed E-state index contributed by atoms with van der Waals surface area (Å²) in [5, 5.41) is 0.689. The lowest BCUT2D eigenvalue weighted by Crippen LogP contribution is -1.97. The molecule has 3 nitrogen and oxygen atoms in total. The van der Waals surface area contributed by atoms with E-state index in [9.17, 15) is 4.79 Å². The zero-order valence-electron chi connectivity index (χ0n) is 15.0. The number of ketones is 1. The van der Waals surface area contributed by atoms with Crippen LogP contribution in [0, 0.1) is 0 Å². The molecule has 4 rings (SSSR count). The first kappa shape index (κ1) is 18.1. The van der Waals surface area contributed by atoms with Gasteiger partial charge in [-0.25, -0.2) is 0 Å². The number of hydrogen-bond donors (Lipinski definition) is 0. The number of allylic oxidation sites excluding steroid dienone is 3. The van der Waals surface area contributed by atoms with Gasteiger partial charge in [0.25, 0.3) is 0 Å². The van der Waals surface area contributed by atoms with Gasteiger partial charge in [-0.05, 0) is 41.5 Å². The zero-order chi connectivity index (χ0) is 19.3. The Morgan fingerprint density at radius 2 is 1.75 bits per heavy atom. The van der Waals surface area contributed by atoms with Crippen molar-refractivity contribution in [2.24, 2.45) is 0 Å². The molecule has 1 aliphatic heterocycles. The fourth-order valence-electron chi connectivity index (χ4n) is 2.83. The van der Waals surface area contributed by atoms with Gasteiger partial charge in [-0.15, -0.1) is 0 Å². The molecule has 3 aromatic carbocycles. The molecule has 4 heteroatoms. The van der Waals surface area contributed by atoms with Crippen molar-refractivity contribution in [1.29, 1.82) is 0 Å². The molecule has 0 amide bonds. The molecule has 0 saturated heterocycles. The molecule has 0 radical (unpaired) electrons. The molecule has 28 heavy (non-hydrogen) atoms. The maximum absolute atomic E-state index is 12.5. The number of Topliss-reactive ketones (excluding diaryl/α,β-unsaturated/α-hetero) is 1. The Hall–Kier alpha value is -3.30. The maximum atomic E-state index is 12.5. The van der Waals surface area contributed by atoms with E-state index in [1.807, 2.05) is 66.7 Å². The second-order valence-electron chi connectivity index (χ2n) is 6.31. The Labute approximate surface area is 168 Å². The van der Waals surface area contributed by atoms with Crippen molar-refractivity contribution >= 4 is 23.5 Å². The summed E-state index contributed by atoms with van der Waals surface area (Å²) in [6.45, 7) is 0.409. The van der Waals surface area contributed by atoms with Gasteiger partial charge in [0.2, 0.25) is 5.78 Å². The summed E-state index contributed by atoms with van der Waals surface area (Å²) in [6, 6.07) is 22.6. The van der Waals surface area contributed by atoms with Gasteiger partial charge >= 0.3 is 0 Å². The van der Waals surface area contributed by atoms with Crippen molar-refractivity contribution in [2.75, 3.05) is 0 Å². The molecule has 0 saturated carbocycles. The lowest BCUT2D eigenvalue weighted by molar-refractivity contribution is 0.101. The molecule has 0 N–H and O–H groups in total. The van der Waals surface area contributed by atoms with Crippen LogP contribution in [0.1, 0.15) is 21.5 Å². The fourth-order valence-corrected chi connectivity index (χ4v) is 2.96. The minimum atomic E-state index is -0.128. The van der Waals surface area contributed by atoms with Crippen molar-refractivity contribution in [2.45, 2.75) is 6.61 Å². The standard InChI is InChI=1S/C24H17ClO3/c25-19-11-9-18(10-12-19)16-27-20-13-14-21-23(15-20)28-22(24(21)26)8-4-7-17-5-2-1-3-6-17/h1-15H,16H2. The molecule has 0 atom stereocenters. The van der Waals surface area contributed by atoms with Gasteiger partial charge in [0.05, 0.1) is 5.56 Å². The van der Waals surface area contributed by atoms with Crippen LogP contribution >= 0.6 is 11.6 Å². The summed E-state index contributed by atoms with van der Waals surface area (Å²) in [7, 11) is 0. The van der Waals surface area contributed by atoms with Crippen molar-refractivity contribution in [3.63, 3.8) is 0 Å². The van der Waals surface area contributed by atoms with Gasteiger partial charge in [0.1, 0.15) is 18.1 Å². The van der Waals surface area contributed by atoms with Crippen LogP contribution in [0.4, 0.5) is 0 Å². The molecule has 0 aromatic heterocycles. The summed E-state index contributed by atoms with van der Waals surface area (Å²) in [5.41, 5.74) is 2.60. The molecule has 1 aliphatic rings. The number of benzene rings is 3. The summed E-state index contributed by atoms with van der Waals surface area (Å²) in [4.78, 5) is 12.5. The third-order valence-electron chi connectivity index (χ3n) is 4.30. The lowest BCUT2D eigenvalue weighted by Gasteiger charge is -2.07. The zero-order valence-corrected chi connectivity index (χ0v) is 15.7. The van der Waals surface area contributed by atoms with Crippen LogP contribution in [-0.2, 0) is 6.61 Å². The molecule has 0 unspecified atom stereocenters. The number of ether oxygens (including phenoxy) is 2. The summed E-state index contributed by atoms with van der Waals surface area (Å²) < 4.78 is 11.5. The Balaban J connectivity index is 1.44. The first-order valence-corrected chi connectivity index (χ1v) is 9.24. The minimum absolute atomic E-state index is 0.128. The van der Waals surface area contributed by atoms with Crippen LogP contribution in [0.25, 0.3) is 6.08 Å². The molecular weight excluding hydrogens is 372 g/mol. The molecule has 0 spiro atoms. The molecule has 1 heterocycles. The largest absolute Gasteiger partial charge is 0.489 e. The SMILES string of the molecule is O=C1C(=CC=Cc2ccccc2)Oc2cc(OCc3ccc(Cl)cc3)ccc21. The van der Waals surface area contributed by atoms with Crippen LogP contribution in [0.15, 0.2) is 90.7 Å². The van der Waals surface area contributed by atoms with Crippen LogP contribution in [0.5, 0.6) is 11.5 Å². The van der Waals surface area contributed by atoms with E-state index < -0.39 is 0 Å². The van der Waals surface area contributed by atoms with Gasteiger partial charge in [-0.1, -0.05) is 66.2 Å². The monoisotopic (exact) mass is 388 g/mol. The Morgan fingerprint density at radius 1 is 0.964 bits per heavy atom. The third-order valence-corrected chi connectivity index (χ3v) is 4.55. The highest BCUT2D eigenvalue weighted by Gasteiger charge is 2.27. The first-order chi connectivity index (χ1) is 13.7. The molecule has 0 fully saturated rings. The van der Waals surface area contributed by atoms with E-state index in [1.54, 1.807) is 24.3 Å². The first-order valence-electron chi connectivity index (χ1n) is 8.86. The number of hydrogen-bond acceptors (Lipinski definition) is 3. The minimum Gasteiger partial charge on any atom is -0.489 e. The summed E-state index contributed by atoms with van der Waals surface area (Å²) in [5.74, 6) is 1.33. The average Bonchev–Trinajstić information content (AvgIpc) is 3.03. The number of carbonyl (C=O) groups is 1. The molecule has 0 bridgehead atoms. The van der Waals surface area contributed by atoms with E-state index >= 15 is 0 Å².